The fraction of sp³-hybridized carbons (Fsp3) is 0.333. The van der Waals surface area contributed by atoms with Crippen molar-refractivity contribution in [3.8, 4) is 0 Å². The number of amides is 1. The maximum Gasteiger partial charge on any atom is 0.304 e. The summed E-state index contributed by atoms with van der Waals surface area (Å²) in [7, 11) is 0. The Balaban J connectivity index is 2.38. The highest BCUT2D eigenvalue weighted by Gasteiger charge is 2.06. The van der Waals surface area contributed by atoms with Gasteiger partial charge in [-0.25, -0.2) is 0 Å². The summed E-state index contributed by atoms with van der Waals surface area (Å²) in [5.41, 5.74) is 1.83. The average molecular weight is 332 g/mol. The molecule has 0 unspecified atom stereocenters. The van der Waals surface area contributed by atoms with Crippen LogP contribution < -0.4 is 5.32 Å². The van der Waals surface area contributed by atoms with E-state index < -0.39 is 5.97 Å². The third kappa shape index (κ3) is 5.55. The van der Waals surface area contributed by atoms with Crippen LogP contribution >= 0.6 is 27.7 Å². The van der Waals surface area contributed by atoms with Crippen LogP contribution in [0.1, 0.15) is 12.0 Å². The maximum absolute atomic E-state index is 11.6. The molecule has 0 fully saturated rings. The van der Waals surface area contributed by atoms with E-state index in [1.54, 1.807) is 0 Å². The van der Waals surface area contributed by atoms with Crippen molar-refractivity contribution in [3.05, 3.63) is 28.2 Å². The molecule has 0 radical (unpaired) electrons. The number of carbonyl (C=O) groups is 2. The Labute approximate surface area is 118 Å². The molecule has 6 heteroatoms. The predicted molar refractivity (Wildman–Crippen MR) is 77.1 cm³/mol. The van der Waals surface area contributed by atoms with Crippen molar-refractivity contribution in [2.75, 3.05) is 16.8 Å². The van der Waals surface area contributed by atoms with Crippen molar-refractivity contribution in [1.82, 2.24) is 0 Å². The zero-order valence-corrected chi connectivity index (χ0v) is 12.3. The van der Waals surface area contributed by atoms with Gasteiger partial charge in [0.15, 0.2) is 0 Å². The van der Waals surface area contributed by atoms with Gasteiger partial charge in [-0.3, -0.25) is 9.59 Å². The normalized spacial score (nSPS) is 10.1. The smallest absolute Gasteiger partial charge is 0.304 e. The molecule has 2 N–H and O–H groups in total. The molecule has 0 spiro atoms. The van der Waals surface area contributed by atoms with E-state index in [2.05, 4.69) is 21.2 Å². The van der Waals surface area contributed by atoms with Gasteiger partial charge in [0.25, 0.3) is 0 Å². The van der Waals surface area contributed by atoms with E-state index in [1.807, 2.05) is 25.1 Å². The first-order valence-corrected chi connectivity index (χ1v) is 7.29. The van der Waals surface area contributed by atoms with Gasteiger partial charge >= 0.3 is 5.97 Å². The summed E-state index contributed by atoms with van der Waals surface area (Å²) in [4.78, 5) is 21.9. The number of rotatable bonds is 6. The Morgan fingerprint density at radius 1 is 1.44 bits per heavy atom. The zero-order valence-electron chi connectivity index (χ0n) is 9.90. The van der Waals surface area contributed by atoms with Crippen LogP contribution in [-0.2, 0) is 9.59 Å². The fourth-order valence-electron chi connectivity index (χ4n) is 1.23. The number of halogens is 1. The second-order valence-corrected chi connectivity index (χ2v) is 5.69. The minimum atomic E-state index is -0.843. The van der Waals surface area contributed by atoms with Crippen LogP contribution in [-0.4, -0.2) is 28.5 Å². The van der Waals surface area contributed by atoms with E-state index in [9.17, 15) is 9.59 Å². The summed E-state index contributed by atoms with van der Waals surface area (Å²) in [6, 6.07) is 5.67. The van der Waals surface area contributed by atoms with Gasteiger partial charge in [0, 0.05) is 10.2 Å². The van der Waals surface area contributed by atoms with E-state index in [-0.39, 0.29) is 18.1 Å². The quantitative estimate of drug-likeness (QED) is 0.786. The van der Waals surface area contributed by atoms with Crippen molar-refractivity contribution >= 4 is 45.3 Å². The van der Waals surface area contributed by atoms with Crippen molar-refractivity contribution in [2.45, 2.75) is 13.3 Å². The number of hydrogen-bond donors (Lipinski definition) is 2. The SMILES string of the molecule is Cc1ccc(NC(=O)CSCCC(=O)O)c(Br)c1. The molecular weight excluding hydrogens is 318 g/mol. The second-order valence-electron chi connectivity index (χ2n) is 3.73. The average Bonchev–Trinajstić information content (AvgIpc) is 2.28. The Morgan fingerprint density at radius 2 is 2.17 bits per heavy atom. The van der Waals surface area contributed by atoms with Crippen molar-refractivity contribution in [3.63, 3.8) is 0 Å². The van der Waals surface area contributed by atoms with Gasteiger partial charge in [0.05, 0.1) is 17.9 Å². The lowest BCUT2D eigenvalue weighted by atomic mass is 10.2. The minimum absolute atomic E-state index is 0.0756. The lowest BCUT2D eigenvalue weighted by molar-refractivity contribution is -0.136. The molecular formula is C12H14BrNO3S. The number of aryl methyl sites for hydroxylation is 1. The number of carboxylic acid groups (broad SMARTS) is 1. The highest BCUT2D eigenvalue weighted by Crippen LogP contribution is 2.23. The molecule has 0 aliphatic carbocycles. The first-order valence-electron chi connectivity index (χ1n) is 5.34. The number of hydrogen-bond acceptors (Lipinski definition) is 3. The molecule has 0 atom stereocenters. The van der Waals surface area contributed by atoms with E-state index in [0.29, 0.717) is 5.75 Å². The third-order valence-electron chi connectivity index (χ3n) is 2.09. The molecule has 1 aromatic carbocycles. The van der Waals surface area contributed by atoms with Gasteiger partial charge in [-0.15, -0.1) is 0 Å². The molecule has 1 aromatic rings. The van der Waals surface area contributed by atoms with Crippen LogP contribution in [0.25, 0.3) is 0 Å². The van der Waals surface area contributed by atoms with E-state index in [0.717, 1.165) is 15.7 Å². The molecule has 0 saturated carbocycles. The van der Waals surface area contributed by atoms with Gasteiger partial charge in [-0.05, 0) is 40.5 Å². The summed E-state index contributed by atoms with van der Waals surface area (Å²) < 4.78 is 0.839. The summed E-state index contributed by atoms with van der Waals surface area (Å²) in [5.74, 6) is -0.273. The monoisotopic (exact) mass is 331 g/mol. The number of benzene rings is 1. The van der Waals surface area contributed by atoms with Crippen LogP contribution in [0.2, 0.25) is 0 Å². The highest BCUT2D eigenvalue weighted by molar-refractivity contribution is 9.10. The second kappa shape index (κ2) is 7.43. The molecule has 18 heavy (non-hydrogen) atoms. The molecule has 0 aliphatic rings. The summed E-state index contributed by atoms with van der Waals surface area (Å²) in [5, 5.41) is 11.2. The largest absolute Gasteiger partial charge is 0.481 e. The Kier molecular flexibility index (Phi) is 6.21. The van der Waals surface area contributed by atoms with Gasteiger partial charge in [-0.1, -0.05) is 6.07 Å². The molecule has 98 valence electrons. The van der Waals surface area contributed by atoms with E-state index in [4.69, 9.17) is 5.11 Å². The minimum Gasteiger partial charge on any atom is -0.481 e. The molecule has 1 amide bonds. The maximum atomic E-state index is 11.6. The van der Waals surface area contributed by atoms with Gasteiger partial charge in [0.1, 0.15) is 0 Å². The van der Waals surface area contributed by atoms with E-state index in [1.165, 1.54) is 11.8 Å². The summed E-state index contributed by atoms with van der Waals surface area (Å²) in [6.07, 6.45) is 0.0756. The van der Waals surface area contributed by atoms with E-state index >= 15 is 0 Å². The van der Waals surface area contributed by atoms with Crippen molar-refractivity contribution in [2.24, 2.45) is 0 Å². The molecule has 4 nitrogen and oxygen atoms in total. The number of aliphatic carboxylic acids is 1. The zero-order chi connectivity index (χ0) is 13.5. The highest BCUT2D eigenvalue weighted by atomic mass is 79.9. The summed E-state index contributed by atoms with van der Waals surface area (Å²) >= 11 is 4.69. The lowest BCUT2D eigenvalue weighted by Gasteiger charge is -2.07. The number of thioether (sulfide) groups is 1. The topological polar surface area (TPSA) is 66.4 Å². The number of anilines is 1. The molecule has 1 rings (SSSR count). The standard InChI is InChI=1S/C12H14BrNO3S/c1-8-2-3-10(9(13)6-8)14-11(15)7-18-5-4-12(16)17/h2-3,6H,4-5,7H2,1H3,(H,14,15)(H,16,17). The van der Waals surface area contributed by atoms with Crippen LogP contribution in [0.3, 0.4) is 0 Å². The number of carbonyl (C=O) groups excluding carboxylic acids is 1. The van der Waals surface area contributed by atoms with Crippen LogP contribution in [0.4, 0.5) is 5.69 Å². The molecule has 0 bridgehead atoms. The van der Waals surface area contributed by atoms with Crippen LogP contribution in [0.15, 0.2) is 22.7 Å². The molecule has 0 aliphatic heterocycles. The lowest BCUT2D eigenvalue weighted by Crippen LogP contribution is -2.15. The summed E-state index contributed by atoms with van der Waals surface area (Å²) in [6.45, 7) is 1.97. The van der Waals surface area contributed by atoms with Gasteiger partial charge < -0.3 is 10.4 Å². The van der Waals surface area contributed by atoms with Gasteiger partial charge in [-0.2, -0.15) is 11.8 Å². The Morgan fingerprint density at radius 3 is 2.78 bits per heavy atom. The van der Waals surface area contributed by atoms with Crippen molar-refractivity contribution in [1.29, 1.82) is 0 Å². The fourth-order valence-corrected chi connectivity index (χ4v) is 2.55. The molecule has 0 heterocycles. The van der Waals surface area contributed by atoms with Gasteiger partial charge in [0.2, 0.25) is 5.91 Å². The molecule has 0 saturated heterocycles. The number of nitrogens with one attached hydrogen (secondary N) is 1. The van der Waals surface area contributed by atoms with Crippen LogP contribution in [0, 0.1) is 6.92 Å². The first-order chi connectivity index (χ1) is 8.49. The third-order valence-corrected chi connectivity index (χ3v) is 3.71. The first kappa shape index (κ1) is 15.0. The van der Waals surface area contributed by atoms with Crippen molar-refractivity contribution < 1.29 is 14.7 Å². The number of carboxylic acids is 1. The Hall–Kier alpha value is -1.01. The van der Waals surface area contributed by atoms with Crippen LogP contribution in [0.5, 0.6) is 0 Å². The predicted octanol–water partition coefficient (Wildman–Crippen LogP) is 2.90. The molecule has 0 aromatic heterocycles. The Bertz CT molecular complexity index is 451.